The van der Waals surface area contributed by atoms with Gasteiger partial charge in [0.05, 0.1) is 26.4 Å². The highest BCUT2D eigenvalue weighted by atomic mass is 16.5. The number of carbonyl (C=O) groups excluding carboxylic acids is 1. The van der Waals surface area contributed by atoms with Gasteiger partial charge in [0.1, 0.15) is 11.3 Å². The summed E-state index contributed by atoms with van der Waals surface area (Å²) < 4.78 is 22.5. The Kier molecular flexibility index (Phi) is 4.86. The van der Waals surface area contributed by atoms with Gasteiger partial charge in [-0.15, -0.1) is 0 Å². The monoisotopic (exact) mass is 381 g/mol. The molecule has 1 atom stereocenters. The zero-order valence-electron chi connectivity index (χ0n) is 16.2. The van der Waals surface area contributed by atoms with Crippen LogP contribution in [0.25, 0.3) is 11.0 Å². The smallest absolute Gasteiger partial charge is 0.287 e. The summed E-state index contributed by atoms with van der Waals surface area (Å²) in [6, 6.07) is 11.0. The van der Waals surface area contributed by atoms with Crippen molar-refractivity contribution in [3.63, 3.8) is 0 Å². The average molecular weight is 381 g/mol. The van der Waals surface area contributed by atoms with Crippen molar-refractivity contribution in [2.75, 3.05) is 20.3 Å². The normalized spacial score (nSPS) is 14.4. The lowest BCUT2D eigenvalue weighted by atomic mass is 10.1. The Bertz CT molecular complexity index is 1020. The summed E-state index contributed by atoms with van der Waals surface area (Å²) in [5.41, 5.74) is 2.39. The number of aryl methyl sites for hydroxylation is 1. The molecule has 28 heavy (non-hydrogen) atoms. The van der Waals surface area contributed by atoms with E-state index < -0.39 is 0 Å². The lowest BCUT2D eigenvalue weighted by Gasteiger charge is -2.16. The molecule has 0 fully saturated rings. The van der Waals surface area contributed by atoms with Crippen LogP contribution in [0.4, 0.5) is 0 Å². The summed E-state index contributed by atoms with van der Waals surface area (Å²) in [5.74, 6) is 2.23. The van der Waals surface area contributed by atoms with Crippen LogP contribution in [-0.4, -0.2) is 26.2 Å². The van der Waals surface area contributed by atoms with E-state index in [0.29, 0.717) is 30.3 Å². The van der Waals surface area contributed by atoms with Crippen LogP contribution in [0.1, 0.15) is 41.1 Å². The molecule has 1 unspecified atom stereocenters. The summed E-state index contributed by atoms with van der Waals surface area (Å²) in [7, 11) is 1.61. The second kappa shape index (κ2) is 7.46. The molecule has 1 N–H and O–H groups in total. The Morgan fingerprint density at radius 2 is 1.89 bits per heavy atom. The fraction of sp³-hybridized carbons (Fsp3) is 0.318. The van der Waals surface area contributed by atoms with E-state index in [1.165, 1.54) is 0 Å². The van der Waals surface area contributed by atoms with E-state index >= 15 is 0 Å². The lowest BCUT2D eigenvalue weighted by molar-refractivity contribution is 0.0913. The molecule has 0 saturated carbocycles. The van der Waals surface area contributed by atoms with Gasteiger partial charge in [0, 0.05) is 17.4 Å². The lowest BCUT2D eigenvalue weighted by Crippen LogP contribution is -2.26. The van der Waals surface area contributed by atoms with Crippen LogP contribution in [-0.2, 0) is 0 Å². The third-order valence-corrected chi connectivity index (χ3v) is 4.97. The Morgan fingerprint density at radius 3 is 2.68 bits per heavy atom. The van der Waals surface area contributed by atoms with E-state index in [1.54, 1.807) is 7.11 Å². The minimum Gasteiger partial charge on any atom is -0.497 e. The molecule has 1 aromatic heterocycles. The van der Waals surface area contributed by atoms with Crippen molar-refractivity contribution < 1.29 is 23.4 Å². The molecule has 0 saturated heterocycles. The number of rotatable bonds is 4. The number of nitrogens with one attached hydrogen (secondary N) is 1. The highest BCUT2D eigenvalue weighted by Gasteiger charge is 2.21. The van der Waals surface area contributed by atoms with Crippen LogP contribution in [0.15, 0.2) is 40.8 Å². The molecule has 4 rings (SSSR count). The molecule has 1 aliphatic heterocycles. The Balaban J connectivity index is 1.56. The number of ether oxygens (including phenoxy) is 3. The van der Waals surface area contributed by atoms with Crippen LogP contribution in [0.5, 0.6) is 17.2 Å². The summed E-state index contributed by atoms with van der Waals surface area (Å²) in [5, 5.41) is 3.87. The summed E-state index contributed by atoms with van der Waals surface area (Å²) >= 11 is 0. The van der Waals surface area contributed by atoms with E-state index in [9.17, 15) is 4.79 Å². The summed E-state index contributed by atoms with van der Waals surface area (Å²) in [4.78, 5) is 12.8. The van der Waals surface area contributed by atoms with Crippen molar-refractivity contribution in [3.8, 4) is 17.2 Å². The fourth-order valence-electron chi connectivity index (χ4n) is 3.34. The SMILES string of the molecule is COc1ccc2oc(C(=O)NC(C)c3ccc4c(c3)OCCCO4)c(C)c2c1. The van der Waals surface area contributed by atoms with Crippen molar-refractivity contribution >= 4 is 16.9 Å². The number of hydrogen-bond donors (Lipinski definition) is 1. The maximum Gasteiger partial charge on any atom is 0.287 e. The van der Waals surface area contributed by atoms with Gasteiger partial charge in [-0.1, -0.05) is 6.07 Å². The first-order valence-electron chi connectivity index (χ1n) is 9.34. The molecule has 1 aliphatic rings. The third kappa shape index (κ3) is 3.38. The van der Waals surface area contributed by atoms with Crippen LogP contribution >= 0.6 is 0 Å². The summed E-state index contributed by atoms with van der Waals surface area (Å²) in [6.07, 6.45) is 0.854. The van der Waals surface area contributed by atoms with E-state index in [0.717, 1.165) is 34.4 Å². The van der Waals surface area contributed by atoms with Gasteiger partial charge in [-0.25, -0.2) is 0 Å². The summed E-state index contributed by atoms with van der Waals surface area (Å²) in [6.45, 7) is 5.07. The van der Waals surface area contributed by atoms with Gasteiger partial charge in [0.25, 0.3) is 5.91 Å². The molecular weight excluding hydrogens is 358 g/mol. The highest BCUT2D eigenvalue weighted by molar-refractivity contribution is 5.99. The first-order chi connectivity index (χ1) is 13.6. The molecule has 3 aromatic rings. The molecule has 6 heteroatoms. The second-order valence-corrected chi connectivity index (χ2v) is 6.87. The number of carbonyl (C=O) groups is 1. The number of methoxy groups -OCH3 is 1. The fourth-order valence-corrected chi connectivity index (χ4v) is 3.34. The van der Waals surface area contributed by atoms with Crippen LogP contribution < -0.4 is 19.5 Å². The molecular formula is C22H23NO5. The van der Waals surface area contributed by atoms with Crippen LogP contribution in [0, 0.1) is 6.92 Å². The molecule has 0 bridgehead atoms. The highest BCUT2D eigenvalue weighted by Crippen LogP contribution is 2.33. The zero-order valence-corrected chi connectivity index (χ0v) is 16.2. The number of fused-ring (bicyclic) bond motifs is 2. The molecule has 0 aliphatic carbocycles. The molecule has 1 amide bonds. The van der Waals surface area contributed by atoms with Crippen molar-refractivity contribution in [3.05, 3.63) is 53.3 Å². The van der Waals surface area contributed by atoms with E-state index in [1.807, 2.05) is 50.2 Å². The Morgan fingerprint density at radius 1 is 1.11 bits per heavy atom. The minimum atomic E-state index is -0.257. The Labute approximate surface area is 163 Å². The predicted molar refractivity (Wildman–Crippen MR) is 105 cm³/mol. The number of hydrogen-bond acceptors (Lipinski definition) is 5. The van der Waals surface area contributed by atoms with Gasteiger partial charge in [-0.3, -0.25) is 4.79 Å². The van der Waals surface area contributed by atoms with Gasteiger partial charge in [0.2, 0.25) is 0 Å². The molecule has 0 radical (unpaired) electrons. The number of benzene rings is 2. The molecule has 0 spiro atoms. The third-order valence-electron chi connectivity index (χ3n) is 4.97. The van der Waals surface area contributed by atoms with Crippen molar-refractivity contribution in [1.82, 2.24) is 5.32 Å². The first kappa shape index (κ1) is 18.2. The van der Waals surface area contributed by atoms with E-state index in [4.69, 9.17) is 18.6 Å². The maximum absolute atomic E-state index is 12.8. The largest absolute Gasteiger partial charge is 0.497 e. The van der Waals surface area contributed by atoms with E-state index in [-0.39, 0.29) is 11.9 Å². The molecule has 146 valence electrons. The molecule has 2 heterocycles. The van der Waals surface area contributed by atoms with E-state index in [2.05, 4.69) is 5.32 Å². The van der Waals surface area contributed by atoms with Crippen LogP contribution in [0.3, 0.4) is 0 Å². The maximum atomic E-state index is 12.8. The van der Waals surface area contributed by atoms with Crippen molar-refractivity contribution in [1.29, 1.82) is 0 Å². The van der Waals surface area contributed by atoms with Gasteiger partial charge < -0.3 is 23.9 Å². The topological polar surface area (TPSA) is 69.9 Å². The van der Waals surface area contributed by atoms with Gasteiger partial charge in [-0.05, 0) is 49.7 Å². The second-order valence-electron chi connectivity index (χ2n) is 6.87. The number of furan rings is 1. The quantitative estimate of drug-likeness (QED) is 0.725. The molecule has 2 aromatic carbocycles. The van der Waals surface area contributed by atoms with Crippen LogP contribution in [0.2, 0.25) is 0 Å². The van der Waals surface area contributed by atoms with Crippen molar-refractivity contribution in [2.45, 2.75) is 26.3 Å². The van der Waals surface area contributed by atoms with Crippen molar-refractivity contribution in [2.24, 2.45) is 0 Å². The predicted octanol–water partition coefficient (Wildman–Crippen LogP) is 4.40. The zero-order chi connectivity index (χ0) is 19.7. The first-order valence-corrected chi connectivity index (χ1v) is 9.34. The Hall–Kier alpha value is -3.15. The number of amides is 1. The minimum absolute atomic E-state index is 0.216. The van der Waals surface area contributed by atoms with Gasteiger partial charge in [-0.2, -0.15) is 0 Å². The molecule has 6 nitrogen and oxygen atoms in total. The van der Waals surface area contributed by atoms with Gasteiger partial charge in [0.15, 0.2) is 17.3 Å². The average Bonchev–Trinajstić information content (AvgIpc) is 2.88. The van der Waals surface area contributed by atoms with Gasteiger partial charge >= 0.3 is 0 Å². The standard InChI is InChI=1S/C22H23NO5/c1-13-17-12-16(25-3)6-8-18(17)28-21(13)22(24)23-14(2)15-5-7-19-20(11-15)27-10-4-9-26-19/h5-8,11-12,14H,4,9-10H2,1-3H3,(H,23,24).